The Kier molecular flexibility index (Phi) is 13.1. The minimum atomic E-state index is 0. The Morgan fingerprint density at radius 1 is 0.587 bits per heavy atom. The third-order valence-electron chi connectivity index (χ3n) is 9.91. The molecule has 0 aliphatic heterocycles. The minimum Gasteiger partial charge on any atom is -0.333 e. The van der Waals surface area contributed by atoms with Crippen molar-refractivity contribution in [2.75, 3.05) is 0 Å². The van der Waals surface area contributed by atoms with E-state index < -0.39 is 0 Å². The van der Waals surface area contributed by atoms with Gasteiger partial charge in [0.1, 0.15) is 0 Å². The maximum Gasteiger partial charge on any atom is 0.0639 e. The van der Waals surface area contributed by atoms with Gasteiger partial charge in [0, 0.05) is 37.4 Å². The van der Waals surface area contributed by atoms with Crippen molar-refractivity contribution in [1.82, 2.24) is 9.38 Å². The summed E-state index contributed by atoms with van der Waals surface area (Å²) in [7, 11) is 0. The monoisotopic (exact) mass is 794 g/mol. The van der Waals surface area contributed by atoms with Gasteiger partial charge in [-0.3, -0.25) is 4.98 Å². The number of aromatic nitrogens is 2. The minimum absolute atomic E-state index is 0. The van der Waals surface area contributed by atoms with Crippen molar-refractivity contribution in [3.8, 4) is 11.3 Å². The van der Waals surface area contributed by atoms with Crippen LogP contribution in [0.25, 0.3) is 38.6 Å². The number of hydrogen-bond donors (Lipinski definition) is 0. The van der Waals surface area contributed by atoms with Crippen LogP contribution in [0.4, 0.5) is 0 Å². The topological polar surface area (TPSA) is 17.3 Å². The van der Waals surface area contributed by atoms with E-state index in [2.05, 4.69) is 127 Å². The van der Waals surface area contributed by atoms with Crippen molar-refractivity contribution < 1.29 is 20.1 Å². The first kappa shape index (κ1) is 36.4. The maximum atomic E-state index is 5.20. The molecule has 1 radical (unpaired) electrons. The Morgan fingerprint density at radius 2 is 1.09 bits per heavy atom. The summed E-state index contributed by atoms with van der Waals surface area (Å²) in [6.07, 6.45) is 12.1. The van der Waals surface area contributed by atoms with Crippen molar-refractivity contribution in [3.63, 3.8) is 0 Å². The number of pyridine rings is 1. The van der Waals surface area contributed by atoms with Crippen LogP contribution in [0.2, 0.25) is 0 Å². The number of rotatable bonds is 15. The Balaban J connectivity index is 0.00000480. The van der Waals surface area contributed by atoms with E-state index in [-0.39, 0.29) is 20.1 Å². The zero-order valence-corrected chi connectivity index (χ0v) is 32.1. The van der Waals surface area contributed by atoms with E-state index in [9.17, 15) is 0 Å². The molecule has 0 N–H and O–H groups in total. The fraction of sp³-hybridized carbons (Fsp3) is 0.512. The van der Waals surface area contributed by atoms with Gasteiger partial charge in [0.05, 0.1) is 11.3 Å². The predicted molar refractivity (Wildman–Crippen MR) is 196 cm³/mol. The molecule has 0 amide bonds. The molecule has 0 spiro atoms. The summed E-state index contributed by atoms with van der Waals surface area (Å²) in [5.74, 6) is 3.86. The molecule has 5 rings (SSSR count). The van der Waals surface area contributed by atoms with E-state index >= 15 is 0 Å². The predicted octanol–water partition coefficient (Wildman–Crippen LogP) is 13.0. The molecule has 3 heteroatoms. The van der Waals surface area contributed by atoms with E-state index in [0.717, 1.165) is 11.0 Å². The van der Waals surface area contributed by atoms with Crippen molar-refractivity contribution in [1.29, 1.82) is 0 Å². The number of para-hydroxylation sites is 1. The van der Waals surface area contributed by atoms with Crippen LogP contribution in [0.1, 0.15) is 130 Å². The Bertz CT molecular complexity index is 1620. The van der Waals surface area contributed by atoms with E-state index in [0.29, 0.717) is 35.5 Å². The van der Waals surface area contributed by atoms with Gasteiger partial charge >= 0.3 is 0 Å². The van der Waals surface area contributed by atoms with Crippen LogP contribution in [-0.4, -0.2) is 9.38 Å². The molecule has 0 bridgehead atoms. The molecule has 2 aromatic heterocycles. The quantitative estimate of drug-likeness (QED) is 0.0762. The molecule has 46 heavy (non-hydrogen) atoms. The molecule has 2 nitrogen and oxygen atoms in total. The summed E-state index contributed by atoms with van der Waals surface area (Å²) < 4.78 is 2.47. The van der Waals surface area contributed by atoms with Crippen LogP contribution in [0.5, 0.6) is 0 Å². The Morgan fingerprint density at radius 3 is 1.61 bits per heavy atom. The van der Waals surface area contributed by atoms with Crippen LogP contribution in [0, 0.1) is 29.7 Å². The number of fused-ring (bicyclic) bond motifs is 6. The summed E-state index contributed by atoms with van der Waals surface area (Å²) >= 11 is 0. The third-order valence-corrected chi connectivity index (χ3v) is 9.91. The first-order valence-electron chi connectivity index (χ1n) is 18.0. The first-order chi connectivity index (χ1) is 21.7. The standard InChI is InChI=1S/C43H57N2.Ir/c1-29(2)20-24-33(25-21-30(3)4)35-17-13-18-36(34(26-22-31(5)6)27-23-32(7)8)42(35)41-28-44-43-39-16-10-9-14-37(39)38-15-11-12-19-40(38)45(41)43;/h9-15,17-19,28-34H,20-27H2,1-8H3;/q-1;. The number of benzene rings is 3. The van der Waals surface area contributed by atoms with Gasteiger partial charge in [0.2, 0.25) is 0 Å². The molecule has 249 valence electrons. The molecule has 2 heterocycles. The summed E-state index contributed by atoms with van der Waals surface area (Å²) in [6.45, 7) is 19.0. The average Bonchev–Trinajstić information content (AvgIpc) is 3.46. The molecule has 0 saturated heterocycles. The number of imidazole rings is 1. The number of hydrogen-bond acceptors (Lipinski definition) is 1. The van der Waals surface area contributed by atoms with Gasteiger partial charge in [-0.1, -0.05) is 123 Å². The van der Waals surface area contributed by atoms with Gasteiger partial charge in [-0.05, 0) is 83.8 Å². The molecule has 5 aromatic rings. The van der Waals surface area contributed by atoms with Gasteiger partial charge in [-0.15, -0.1) is 29.7 Å². The van der Waals surface area contributed by atoms with Gasteiger partial charge in [0.25, 0.3) is 0 Å². The van der Waals surface area contributed by atoms with E-state index in [1.54, 1.807) is 0 Å². The van der Waals surface area contributed by atoms with Crippen LogP contribution in [0.3, 0.4) is 0 Å². The second-order valence-corrected chi connectivity index (χ2v) is 15.4. The maximum absolute atomic E-state index is 5.20. The zero-order chi connectivity index (χ0) is 32.1. The largest absolute Gasteiger partial charge is 0.333 e. The zero-order valence-electron chi connectivity index (χ0n) is 29.7. The van der Waals surface area contributed by atoms with Crippen LogP contribution in [0.15, 0.2) is 66.9 Å². The van der Waals surface area contributed by atoms with Gasteiger partial charge in [-0.25, -0.2) is 0 Å². The van der Waals surface area contributed by atoms with Gasteiger partial charge in [0.15, 0.2) is 0 Å². The second kappa shape index (κ2) is 16.6. The number of nitrogens with zero attached hydrogens (tertiary/aromatic N) is 2. The molecule has 0 aliphatic rings. The molecule has 0 atom stereocenters. The van der Waals surface area contributed by atoms with Gasteiger partial charge < -0.3 is 4.40 Å². The first-order valence-corrected chi connectivity index (χ1v) is 18.0. The summed E-state index contributed by atoms with van der Waals surface area (Å²) in [6, 6.07) is 26.2. The normalized spacial score (nSPS) is 12.3. The molecule has 0 fully saturated rings. The van der Waals surface area contributed by atoms with Crippen LogP contribution in [-0.2, 0) is 20.1 Å². The fourth-order valence-electron chi connectivity index (χ4n) is 7.30. The summed E-state index contributed by atoms with van der Waals surface area (Å²) in [4.78, 5) is 5.20. The Labute approximate surface area is 293 Å². The molecule has 0 aliphatic carbocycles. The third kappa shape index (κ3) is 8.32. The second-order valence-electron chi connectivity index (χ2n) is 15.4. The summed E-state index contributed by atoms with van der Waals surface area (Å²) in [5, 5.41) is 3.60. The summed E-state index contributed by atoms with van der Waals surface area (Å²) in [5.41, 5.74) is 8.04. The van der Waals surface area contributed by atoms with Crippen molar-refractivity contribution in [2.45, 2.75) is 119 Å². The SMILES string of the molecule is CC(C)CCC(CCC(C)C)c1cccc(C(CCC(C)C)CCC(C)C)c1-c1cnc2c3[c-]cccc3c3ccccc3n12.[Ir]. The molecule has 3 aromatic carbocycles. The molecule has 0 saturated carbocycles. The van der Waals surface area contributed by atoms with Crippen molar-refractivity contribution >= 4 is 27.3 Å². The van der Waals surface area contributed by atoms with E-state index in [1.807, 2.05) is 6.07 Å². The molecule has 0 unspecified atom stereocenters. The average molecular weight is 794 g/mol. The molecular weight excluding hydrogens is 737 g/mol. The Hall–Kier alpha value is -2.48. The van der Waals surface area contributed by atoms with E-state index in [1.165, 1.54) is 90.0 Å². The van der Waals surface area contributed by atoms with Crippen LogP contribution >= 0.6 is 0 Å². The van der Waals surface area contributed by atoms with Crippen molar-refractivity contribution in [3.05, 3.63) is 84.1 Å². The van der Waals surface area contributed by atoms with Crippen molar-refractivity contribution in [2.24, 2.45) is 23.7 Å². The van der Waals surface area contributed by atoms with E-state index in [4.69, 9.17) is 4.98 Å². The van der Waals surface area contributed by atoms with Gasteiger partial charge in [-0.2, -0.15) is 0 Å². The smallest absolute Gasteiger partial charge is 0.0639 e. The molecular formula is C43H57IrN2-. The van der Waals surface area contributed by atoms with Crippen LogP contribution < -0.4 is 0 Å². The fourth-order valence-corrected chi connectivity index (χ4v) is 7.30.